The Labute approximate surface area is 87.4 Å². The summed E-state index contributed by atoms with van der Waals surface area (Å²) < 4.78 is 0. The highest BCUT2D eigenvalue weighted by atomic mass is 32.1. The maximum absolute atomic E-state index is 9.22. The van der Waals surface area contributed by atoms with E-state index >= 15 is 0 Å². The molecule has 0 saturated heterocycles. The van der Waals surface area contributed by atoms with E-state index in [9.17, 15) is 5.11 Å². The molecular weight excluding hydrogens is 198 g/mol. The Bertz CT molecular complexity index is 265. The standard InChI is InChI=1S/C9H15N3OS/c13-5-7-3-1-2-4-8(7)11-9-12-10-6-14-9/h6-8,13H,1-5H2,(H,11,12). The Balaban J connectivity index is 1.94. The number of nitrogens with zero attached hydrogens (tertiary/aromatic N) is 2. The number of aliphatic hydroxyl groups excluding tert-OH is 1. The molecular formula is C9H15N3OS. The van der Waals surface area contributed by atoms with Crippen molar-refractivity contribution in [1.29, 1.82) is 0 Å². The van der Waals surface area contributed by atoms with Crippen LogP contribution in [0.25, 0.3) is 0 Å². The van der Waals surface area contributed by atoms with Gasteiger partial charge in [-0.15, -0.1) is 10.2 Å². The molecule has 1 aliphatic carbocycles. The number of anilines is 1. The molecule has 0 aromatic carbocycles. The fraction of sp³-hybridized carbons (Fsp3) is 0.778. The minimum absolute atomic E-state index is 0.274. The van der Waals surface area contributed by atoms with Gasteiger partial charge in [-0.3, -0.25) is 0 Å². The lowest BCUT2D eigenvalue weighted by Crippen LogP contribution is -2.34. The Morgan fingerprint density at radius 1 is 1.50 bits per heavy atom. The third-order valence-corrected chi connectivity index (χ3v) is 3.43. The molecule has 2 unspecified atom stereocenters. The molecule has 1 aromatic rings. The predicted octanol–water partition coefficient (Wildman–Crippen LogP) is 1.50. The summed E-state index contributed by atoms with van der Waals surface area (Å²) in [4.78, 5) is 0. The van der Waals surface area contributed by atoms with E-state index in [0.717, 1.165) is 18.0 Å². The minimum atomic E-state index is 0.274. The second kappa shape index (κ2) is 4.70. The van der Waals surface area contributed by atoms with Gasteiger partial charge >= 0.3 is 0 Å². The van der Waals surface area contributed by atoms with Gasteiger partial charge in [0.05, 0.1) is 0 Å². The molecule has 1 aliphatic rings. The van der Waals surface area contributed by atoms with Crippen molar-refractivity contribution in [2.45, 2.75) is 31.7 Å². The average Bonchev–Trinajstić information content (AvgIpc) is 2.71. The average molecular weight is 213 g/mol. The Morgan fingerprint density at radius 3 is 3.07 bits per heavy atom. The van der Waals surface area contributed by atoms with Crippen LogP contribution in [0.1, 0.15) is 25.7 Å². The third kappa shape index (κ3) is 2.22. The zero-order valence-electron chi connectivity index (χ0n) is 8.02. The predicted molar refractivity (Wildman–Crippen MR) is 56.4 cm³/mol. The summed E-state index contributed by atoms with van der Waals surface area (Å²) in [6.45, 7) is 0.274. The highest BCUT2D eigenvalue weighted by Gasteiger charge is 2.24. The lowest BCUT2D eigenvalue weighted by Gasteiger charge is -2.30. The topological polar surface area (TPSA) is 58.0 Å². The number of hydrogen-bond donors (Lipinski definition) is 2. The van der Waals surface area contributed by atoms with Gasteiger partial charge in [-0.2, -0.15) is 0 Å². The van der Waals surface area contributed by atoms with Crippen LogP contribution < -0.4 is 5.32 Å². The highest BCUT2D eigenvalue weighted by Crippen LogP contribution is 2.27. The fourth-order valence-electron chi connectivity index (χ4n) is 2.01. The Kier molecular flexibility index (Phi) is 3.31. The molecule has 14 heavy (non-hydrogen) atoms. The quantitative estimate of drug-likeness (QED) is 0.799. The van der Waals surface area contributed by atoms with Crippen LogP contribution in [0.5, 0.6) is 0 Å². The molecule has 5 heteroatoms. The van der Waals surface area contributed by atoms with Crippen molar-refractivity contribution in [3.63, 3.8) is 0 Å². The van der Waals surface area contributed by atoms with Crippen LogP contribution in [0.2, 0.25) is 0 Å². The zero-order valence-corrected chi connectivity index (χ0v) is 8.83. The van der Waals surface area contributed by atoms with E-state index in [1.165, 1.54) is 24.2 Å². The van der Waals surface area contributed by atoms with E-state index in [-0.39, 0.29) is 6.61 Å². The number of aromatic nitrogens is 2. The van der Waals surface area contributed by atoms with Crippen LogP contribution in [0.15, 0.2) is 5.51 Å². The normalized spacial score (nSPS) is 27.5. The van der Waals surface area contributed by atoms with Gasteiger partial charge in [-0.1, -0.05) is 24.2 Å². The number of rotatable bonds is 3. The van der Waals surface area contributed by atoms with E-state index in [2.05, 4.69) is 15.5 Å². The summed E-state index contributed by atoms with van der Waals surface area (Å²) in [7, 11) is 0. The SMILES string of the molecule is OCC1CCCCC1Nc1nncs1. The van der Waals surface area contributed by atoms with Gasteiger partial charge in [-0.25, -0.2) is 0 Å². The van der Waals surface area contributed by atoms with E-state index in [4.69, 9.17) is 0 Å². The molecule has 2 rings (SSSR count). The molecule has 2 atom stereocenters. The van der Waals surface area contributed by atoms with Crippen molar-refractivity contribution in [1.82, 2.24) is 10.2 Å². The molecule has 1 saturated carbocycles. The van der Waals surface area contributed by atoms with Crippen molar-refractivity contribution in [2.75, 3.05) is 11.9 Å². The second-order valence-corrected chi connectivity index (χ2v) is 4.56. The van der Waals surface area contributed by atoms with E-state index < -0.39 is 0 Å². The highest BCUT2D eigenvalue weighted by molar-refractivity contribution is 7.13. The van der Waals surface area contributed by atoms with Gasteiger partial charge in [0.25, 0.3) is 0 Å². The van der Waals surface area contributed by atoms with Gasteiger partial charge in [0.2, 0.25) is 5.13 Å². The maximum atomic E-state index is 9.22. The van der Waals surface area contributed by atoms with Gasteiger partial charge < -0.3 is 10.4 Å². The molecule has 0 aliphatic heterocycles. The fourth-order valence-corrected chi connectivity index (χ4v) is 2.52. The molecule has 1 heterocycles. The molecule has 0 spiro atoms. The van der Waals surface area contributed by atoms with Crippen LogP contribution in [-0.2, 0) is 0 Å². The van der Waals surface area contributed by atoms with Crippen LogP contribution in [0.3, 0.4) is 0 Å². The second-order valence-electron chi connectivity index (χ2n) is 3.72. The summed E-state index contributed by atoms with van der Waals surface area (Å²) in [5, 5.41) is 21.2. The van der Waals surface area contributed by atoms with E-state index in [0.29, 0.717) is 12.0 Å². The van der Waals surface area contributed by atoms with E-state index in [1.807, 2.05) is 0 Å². The molecule has 78 valence electrons. The molecule has 4 nitrogen and oxygen atoms in total. The molecule has 0 radical (unpaired) electrons. The molecule has 0 bridgehead atoms. The van der Waals surface area contributed by atoms with Crippen LogP contribution in [-0.4, -0.2) is 28.0 Å². The van der Waals surface area contributed by atoms with Crippen molar-refractivity contribution in [3.05, 3.63) is 5.51 Å². The summed E-state index contributed by atoms with van der Waals surface area (Å²) in [5.74, 6) is 0.382. The lowest BCUT2D eigenvalue weighted by molar-refractivity contribution is 0.178. The van der Waals surface area contributed by atoms with Gasteiger partial charge in [-0.05, 0) is 12.8 Å². The minimum Gasteiger partial charge on any atom is -0.396 e. The van der Waals surface area contributed by atoms with Gasteiger partial charge in [0.15, 0.2) is 0 Å². The van der Waals surface area contributed by atoms with Crippen LogP contribution >= 0.6 is 11.3 Å². The Morgan fingerprint density at radius 2 is 2.36 bits per heavy atom. The smallest absolute Gasteiger partial charge is 0.205 e. The molecule has 1 aromatic heterocycles. The van der Waals surface area contributed by atoms with Crippen LogP contribution in [0, 0.1) is 5.92 Å². The van der Waals surface area contributed by atoms with Crippen molar-refractivity contribution in [3.8, 4) is 0 Å². The zero-order chi connectivity index (χ0) is 9.80. The largest absolute Gasteiger partial charge is 0.396 e. The first-order valence-electron chi connectivity index (χ1n) is 5.03. The summed E-state index contributed by atoms with van der Waals surface area (Å²) in [6, 6.07) is 0.377. The van der Waals surface area contributed by atoms with Crippen molar-refractivity contribution in [2.24, 2.45) is 5.92 Å². The molecule has 1 fully saturated rings. The number of aliphatic hydroxyl groups is 1. The van der Waals surface area contributed by atoms with Crippen molar-refractivity contribution >= 4 is 16.5 Å². The first-order valence-corrected chi connectivity index (χ1v) is 5.91. The lowest BCUT2D eigenvalue weighted by atomic mass is 9.85. The molecule has 2 N–H and O–H groups in total. The third-order valence-electron chi connectivity index (χ3n) is 2.81. The summed E-state index contributed by atoms with van der Waals surface area (Å²) >= 11 is 1.51. The van der Waals surface area contributed by atoms with E-state index in [1.54, 1.807) is 5.51 Å². The summed E-state index contributed by atoms with van der Waals surface area (Å²) in [5.41, 5.74) is 1.72. The van der Waals surface area contributed by atoms with Gasteiger partial charge in [0, 0.05) is 18.6 Å². The molecule has 0 amide bonds. The monoisotopic (exact) mass is 213 g/mol. The Hall–Kier alpha value is -0.680. The summed E-state index contributed by atoms with van der Waals surface area (Å²) in [6.07, 6.45) is 4.73. The van der Waals surface area contributed by atoms with Crippen molar-refractivity contribution < 1.29 is 5.11 Å². The van der Waals surface area contributed by atoms with Crippen LogP contribution in [0.4, 0.5) is 5.13 Å². The number of nitrogens with one attached hydrogen (secondary N) is 1. The van der Waals surface area contributed by atoms with Gasteiger partial charge in [0.1, 0.15) is 5.51 Å². The first-order chi connectivity index (χ1) is 6.90. The number of hydrogen-bond acceptors (Lipinski definition) is 5. The first kappa shape index (κ1) is 9.86. The maximum Gasteiger partial charge on any atom is 0.205 e.